The molecule has 0 radical (unpaired) electrons. The number of rotatable bonds is 7. The van der Waals surface area contributed by atoms with E-state index in [0.29, 0.717) is 29.6 Å². The van der Waals surface area contributed by atoms with Crippen LogP contribution < -0.4 is 0 Å². The van der Waals surface area contributed by atoms with Crippen molar-refractivity contribution in [2.45, 2.75) is 33.1 Å². The van der Waals surface area contributed by atoms with Crippen LogP contribution in [0.15, 0.2) is 33.9 Å². The van der Waals surface area contributed by atoms with E-state index in [1.165, 1.54) is 0 Å². The average molecular weight is 354 g/mol. The van der Waals surface area contributed by atoms with Crippen LogP contribution in [0.25, 0.3) is 0 Å². The van der Waals surface area contributed by atoms with Gasteiger partial charge in [-0.2, -0.15) is 0 Å². The summed E-state index contributed by atoms with van der Waals surface area (Å²) in [4.78, 5) is 15.1. The second-order valence-electron chi connectivity index (χ2n) is 5.30. The molecule has 1 aromatic carbocycles. The van der Waals surface area contributed by atoms with Crippen molar-refractivity contribution >= 4 is 35.2 Å². The zero-order chi connectivity index (χ0) is 16.8. The van der Waals surface area contributed by atoms with E-state index in [1.807, 2.05) is 25.1 Å². The topological polar surface area (TPSA) is 58.9 Å². The van der Waals surface area contributed by atoms with Crippen molar-refractivity contribution in [1.29, 1.82) is 0 Å². The summed E-state index contributed by atoms with van der Waals surface area (Å²) in [6.07, 6.45) is 1.65. The third-order valence-electron chi connectivity index (χ3n) is 3.44. The lowest BCUT2D eigenvalue weighted by atomic mass is 10.1. The second kappa shape index (κ2) is 8.41. The minimum absolute atomic E-state index is 0.173. The molecule has 6 heteroatoms. The lowest BCUT2D eigenvalue weighted by molar-refractivity contribution is -0.137. The van der Waals surface area contributed by atoms with Gasteiger partial charge in [-0.15, -0.1) is 0 Å². The summed E-state index contributed by atoms with van der Waals surface area (Å²) in [5.41, 5.74) is 3.01. The smallest absolute Gasteiger partial charge is 0.303 e. The highest BCUT2D eigenvalue weighted by molar-refractivity contribution is 8.02. The van der Waals surface area contributed by atoms with Gasteiger partial charge in [0.05, 0.1) is 17.1 Å². The first-order valence-electron chi connectivity index (χ1n) is 7.56. The summed E-state index contributed by atoms with van der Waals surface area (Å²) in [5.74, 6) is 0.474. The molecule has 124 valence electrons. The molecule has 2 rings (SSSR count). The first-order valence-corrected chi connectivity index (χ1v) is 8.93. The largest absolute Gasteiger partial charge is 0.481 e. The molecular formula is C17H20ClNO3S. The summed E-state index contributed by atoms with van der Waals surface area (Å²) in [5, 5.41) is 10.2. The standard InChI is InChI=1S/C17H20ClNO3S/c1-3-12-10-19-16(13-7-6-11(2)9-14(13)18)22-17(12)23-8-4-5-15(20)21/h6-7,9H,3-5,8,10H2,1-2H3,(H,20,21). The minimum Gasteiger partial charge on any atom is -0.481 e. The Bertz CT molecular complexity index is 655. The van der Waals surface area contributed by atoms with Gasteiger partial charge in [-0.25, -0.2) is 4.99 Å². The van der Waals surface area contributed by atoms with Gasteiger partial charge in [0.1, 0.15) is 0 Å². The highest BCUT2D eigenvalue weighted by atomic mass is 35.5. The molecule has 4 nitrogen and oxygen atoms in total. The van der Waals surface area contributed by atoms with Gasteiger partial charge in [0, 0.05) is 17.7 Å². The van der Waals surface area contributed by atoms with Crippen LogP contribution in [-0.4, -0.2) is 29.3 Å². The zero-order valence-corrected chi connectivity index (χ0v) is 14.8. The second-order valence-corrected chi connectivity index (χ2v) is 6.77. The van der Waals surface area contributed by atoms with Crippen LogP contribution in [0.3, 0.4) is 0 Å². The highest BCUT2D eigenvalue weighted by Gasteiger charge is 2.20. The van der Waals surface area contributed by atoms with E-state index in [0.717, 1.165) is 28.2 Å². The summed E-state index contributed by atoms with van der Waals surface area (Å²) in [6, 6.07) is 5.79. The van der Waals surface area contributed by atoms with E-state index < -0.39 is 5.97 Å². The van der Waals surface area contributed by atoms with Crippen LogP contribution in [0, 0.1) is 6.92 Å². The molecule has 1 N–H and O–H groups in total. The maximum Gasteiger partial charge on any atom is 0.303 e. The van der Waals surface area contributed by atoms with Crippen molar-refractivity contribution in [3.63, 3.8) is 0 Å². The van der Waals surface area contributed by atoms with Gasteiger partial charge < -0.3 is 9.84 Å². The molecule has 0 spiro atoms. The molecule has 1 aliphatic heterocycles. The number of hydrogen-bond acceptors (Lipinski definition) is 4. The number of carbonyl (C=O) groups is 1. The lowest BCUT2D eigenvalue weighted by Gasteiger charge is -2.20. The number of aliphatic imine (C=N–C) groups is 1. The average Bonchev–Trinajstić information content (AvgIpc) is 2.51. The zero-order valence-electron chi connectivity index (χ0n) is 13.3. The van der Waals surface area contributed by atoms with Gasteiger partial charge in [0.2, 0.25) is 5.90 Å². The molecule has 0 fully saturated rings. The summed E-state index contributed by atoms with van der Waals surface area (Å²) >= 11 is 7.84. The first-order chi connectivity index (χ1) is 11.0. The minimum atomic E-state index is -0.770. The Morgan fingerprint density at radius 1 is 1.48 bits per heavy atom. The number of benzene rings is 1. The molecule has 0 bridgehead atoms. The third-order valence-corrected chi connectivity index (χ3v) is 4.88. The van der Waals surface area contributed by atoms with Crippen LogP contribution in [0.2, 0.25) is 5.02 Å². The molecule has 0 amide bonds. The van der Waals surface area contributed by atoms with E-state index in [2.05, 4.69) is 11.9 Å². The molecule has 0 atom stereocenters. The van der Waals surface area contributed by atoms with Gasteiger partial charge in [-0.05, 0) is 37.5 Å². The van der Waals surface area contributed by atoms with E-state index in [-0.39, 0.29) is 6.42 Å². The lowest BCUT2D eigenvalue weighted by Crippen LogP contribution is -2.15. The number of thioether (sulfide) groups is 1. The number of nitrogens with zero attached hydrogens (tertiary/aromatic N) is 1. The van der Waals surface area contributed by atoms with Crippen LogP contribution >= 0.6 is 23.4 Å². The molecule has 0 aromatic heterocycles. The fraction of sp³-hybridized carbons (Fsp3) is 0.412. The van der Waals surface area contributed by atoms with Crippen molar-refractivity contribution in [2.75, 3.05) is 12.3 Å². The molecule has 0 aliphatic carbocycles. The number of halogens is 1. The fourth-order valence-electron chi connectivity index (χ4n) is 2.13. The predicted molar refractivity (Wildman–Crippen MR) is 95.3 cm³/mol. The van der Waals surface area contributed by atoms with Gasteiger partial charge in [-0.3, -0.25) is 4.79 Å². The van der Waals surface area contributed by atoms with Gasteiger partial charge in [-0.1, -0.05) is 36.4 Å². The van der Waals surface area contributed by atoms with Gasteiger partial charge in [0.25, 0.3) is 0 Å². The van der Waals surface area contributed by atoms with Crippen molar-refractivity contribution in [2.24, 2.45) is 4.99 Å². The third kappa shape index (κ3) is 5.01. The maximum atomic E-state index is 10.6. The van der Waals surface area contributed by atoms with Crippen LogP contribution in [0.1, 0.15) is 37.3 Å². The Labute approximate surface area is 145 Å². The van der Waals surface area contributed by atoms with Gasteiger partial charge >= 0.3 is 5.97 Å². The number of ether oxygens (including phenoxy) is 1. The normalized spacial score (nSPS) is 14.5. The van der Waals surface area contributed by atoms with E-state index >= 15 is 0 Å². The number of carboxylic acid groups (broad SMARTS) is 1. The molecule has 1 aliphatic rings. The molecule has 1 aromatic rings. The molecule has 0 saturated heterocycles. The molecule has 0 unspecified atom stereocenters. The molecule has 23 heavy (non-hydrogen) atoms. The molecule has 1 heterocycles. The summed E-state index contributed by atoms with van der Waals surface area (Å²) in [7, 11) is 0. The van der Waals surface area contributed by atoms with E-state index in [1.54, 1.807) is 11.8 Å². The van der Waals surface area contributed by atoms with Crippen molar-refractivity contribution in [3.05, 3.63) is 45.0 Å². The predicted octanol–water partition coefficient (Wildman–Crippen LogP) is 4.64. The van der Waals surface area contributed by atoms with E-state index in [9.17, 15) is 4.79 Å². The van der Waals surface area contributed by atoms with Gasteiger partial charge in [0.15, 0.2) is 5.09 Å². The Morgan fingerprint density at radius 3 is 2.91 bits per heavy atom. The number of carboxylic acids is 1. The van der Waals surface area contributed by atoms with Crippen molar-refractivity contribution < 1.29 is 14.6 Å². The van der Waals surface area contributed by atoms with Crippen LogP contribution in [0.5, 0.6) is 0 Å². The highest BCUT2D eigenvalue weighted by Crippen LogP contribution is 2.31. The summed E-state index contributed by atoms with van der Waals surface area (Å²) in [6.45, 7) is 4.64. The molecule has 0 saturated carbocycles. The maximum absolute atomic E-state index is 10.6. The summed E-state index contributed by atoms with van der Waals surface area (Å²) < 4.78 is 5.96. The van der Waals surface area contributed by atoms with Crippen LogP contribution in [-0.2, 0) is 9.53 Å². The molecular weight excluding hydrogens is 334 g/mol. The fourth-order valence-corrected chi connectivity index (χ4v) is 3.47. The van der Waals surface area contributed by atoms with Crippen LogP contribution in [0.4, 0.5) is 0 Å². The van der Waals surface area contributed by atoms with E-state index in [4.69, 9.17) is 21.4 Å². The number of aliphatic carboxylic acids is 1. The first kappa shape index (κ1) is 17.9. The Kier molecular flexibility index (Phi) is 6.54. The van der Waals surface area contributed by atoms with Crippen molar-refractivity contribution in [3.8, 4) is 0 Å². The SMILES string of the molecule is CCC1=C(SCCCC(=O)O)OC(c2ccc(C)cc2Cl)=NC1. The Morgan fingerprint density at radius 2 is 2.26 bits per heavy atom. The Hall–Kier alpha value is -1.46. The van der Waals surface area contributed by atoms with Crippen molar-refractivity contribution in [1.82, 2.24) is 0 Å². The number of aryl methyl sites for hydroxylation is 1. The Balaban J connectivity index is 2.06. The quantitative estimate of drug-likeness (QED) is 0.725. The number of hydrogen-bond donors (Lipinski definition) is 1. The monoisotopic (exact) mass is 353 g/mol.